The van der Waals surface area contributed by atoms with Crippen molar-refractivity contribution in [3.8, 4) is 0 Å². The first-order chi connectivity index (χ1) is 10.9. The van der Waals surface area contributed by atoms with E-state index in [4.69, 9.17) is 9.88 Å². The van der Waals surface area contributed by atoms with Gasteiger partial charge in [0.05, 0.1) is 17.2 Å². The molecule has 1 fully saturated rings. The largest absolute Gasteiger partial charge is 0.370 e. The summed E-state index contributed by atoms with van der Waals surface area (Å²) in [5, 5.41) is 5.02. The highest BCUT2D eigenvalue weighted by molar-refractivity contribution is 7.89. The lowest BCUT2D eigenvalue weighted by molar-refractivity contribution is 0.0396. The summed E-state index contributed by atoms with van der Waals surface area (Å²) in [5.74, 6) is -0.606. The standard InChI is InChI=1S/C16H17FN2O3S/c17-14-10-13(23(18,20)21)6-7-15(14)19-8-9-22-16(11-19)12-4-2-1-3-5-12/h1-7,10,16H,8-9,11H2,(H2,18,20,21)/t16-/m1/s1. The van der Waals surface area contributed by atoms with E-state index < -0.39 is 15.8 Å². The lowest BCUT2D eigenvalue weighted by Gasteiger charge is -2.35. The second-order valence-electron chi connectivity index (χ2n) is 5.37. The fraction of sp³-hybridized carbons (Fsp3) is 0.250. The molecule has 0 aliphatic carbocycles. The minimum absolute atomic E-state index is 0.151. The molecule has 1 atom stereocenters. The van der Waals surface area contributed by atoms with E-state index in [-0.39, 0.29) is 11.0 Å². The van der Waals surface area contributed by atoms with Crippen molar-refractivity contribution in [1.82, 2.24) is 0 Å². The Balaban J connectivity index is 1.84. The minimum Gasteiger partial charge on any atom is -0.370 e. The second kappa shape index (κ2) is 6.27. The van der Waals surface area contributed by atoms with Crippen LogP contribution in [0, 0.1) is 5.82 Å². The predicted molar refractivity (Wildman–Crippen MR) is 85.1 cm³/mol. The first-order valence-corrected chi connectivity index (χ1v) is 8.73. The molecule has 0 bridgehead atoms. The monoisotopic (exact) mass is 336 g/mol. The molecule has 0 spiro atoms. The summed E-state index contributed by atoms with van der Waals surface area (Å²) < 4.78 is 42.6. The van der Waals surface area contributed by atoms with E-state index in [1.54, 1.807) is 0 Å². The van der Waals surface area contributed by atoms with Gasteiger partial charge in [0.1, 0.15) is 11.9 Å². The van der Waals surface area contributed by atoms with Crippen LogP contribution >= 0.6 is 0 Å². The van der Waals surface area contributed by atoms with E-state index in [2.05, 4.69) is 0 Å². The van der Waals surface area contributed by atoms with Crippen LogP contribution in [0.25, 0.3) is 0 Å². The number of benzene rings is 2. The van der Waals surface area contributed by atoms with Crippen LogP contribution in [0.5, 0.6) is 0 Å². The number of nitrogens with zero attached hydrogens (tertiary/aromatic N) is 1. The zero-order chi connectivity index (χ0) is 16.4. The van der Waals surface area contributed by atoms with E-state index in [1.807, 2.05) is 35.2 Å². The molecule has 2 N–H and O–H groups in total. The number of ether oxygens (including phenoxy) is 1. The Morgan fingerprint density at radius 3 is 2.57 bits per heavy atom. The number of hydrogen-bond acceptors (Lipinski definition) is 4. The average molecular weight is 336 g/mol. The lowest BCUT2D eigenvalue weighted by atomic mass is 10.1. The van der Waals surface area contributed by atoms with Crippen LogP contribution in [-0.2, 0) is 14.8 Å². The summed E-state index contributed by atoms with van der Waals surface area (Å²) >= 11 is 0. The van der Waals surface area contributed by atoms with Crippen LogP contribution in [0.15, 0.2) is 53.4 Å². The Kier molecular flexibility index (Phi) is 4.34. The van der Waals surface area contributed by atoms with Crippen LogP contribution in [0.1, 0.15) is 11.7 Å². The number of anilines is 1. The normalized spacial score (nSPS) is 18.9. The molecule has 0 radical (unpaired) electrons. The van der Waals surface area contributed by atoms with Crippen molar-refractivity contribution in [3.05, 3.63) is 59.9 Å². The van der Waals surface area contributed by atoms with Crippen LogP contribution < -0.4 is 10.0 Å². The number of primary sulfonamides is 1. The third-order valence-corrected chi connectivity index (χ3v) is 4.74. The van der Waals surface area contributed by atoms with Gasteiger partial charge in [0, 0.05) is 13.1 Å². The highest BCUT2D eigenvalue weighted by Crippen LogP contribution is 2.28. The summed E-state index contributed by atoms with van der Waals surface area (Å²) in [4.78, 5) is 1.62. The molecule has 0 aromatic heterocycles. The lowest BCUT2D eigenvalue weighted by Crippen LogP contribution is -2.38. The van der Waals surface area contributed by atoms with E-state index in [0.717, 1.165) is 11.6 Å². The van der Waals surface area contributed by atoms with Gasteiger partial charge in [0.15, 0.2) is 0 Å². The number of sulfonamides is 1. The van der Waals surface area contributed by atoms with Gasteiger partial charge in [0.25, 0.3) is 0 Å². The summed E-state index contributed by atoms with van der Waals surface area (Å²) in [5.41, 5.74) is 1.38. The van der Waals surface area contributed by atoms with Gasteiger partial charge in [-0.2, -0.15) is 0 Å². The Bertz CT molecular complexity index is 796. The highest BCUT2D eigenvalue weighted by atomic mass is 32.2. The number of nitrogens with two attached hydrogens (primary N) is 1. The van der Waals surface area contributed by atoms with Gasteiger partial charge in [0.2, 0.25) is 10.0 Å². The molecule has 122 valence electrons. The van der Waals surface area contributed by atoms with E-state index in [9.17, 15) is 12.8 Å². The first-order valence-electron chi connectivity index (χ1n) is 7.19. The van der Waals surface area contributed by atoms with E-state index in [1.165, 1.54) is 12.1 Å². The van der Waals surface area contributed by atoms with Crippen molar-refractivity contribution in [2.45, 2.75) is 11.0 Å². The number of halogens is 1. The zero-order valence-corrected chi connectivity index (χ0v) is 13.2. The fourth-order valence-electron chi connectivity index (χ4n) is 2.66. The topological polar surface area (TPSA) is 72.6 Å². The quantitative estimate of drug-likeness (QED) is 0.931. The van der Waals surface area contributed by atoms with Crippen molar-refractivity contribution in [1.29, 1.82) is 0 Å². The van der Waals surface area contributed by atoms with Crippen LogP contribution in [0.3, 0.4) is 0 Å². The number of rotatable bonds is 3. The molecule has 1 aliphatic heterocycles. The van der Waals surface area contributed by atoms with Gasteiger partial charge in [-0.3, -0.25) is 0 Å². The van der Waals surface area contributed by atoms with Gasteiger partial charge < -0.3 is 9.64 Å². The van der Waals surface area contributed by atoms with Gasteiger partial charge in [-0.05, 0) is 23.8 Å². The van der Waals surface area contributed by atoms with Crippen molar-refractivity contribution in [3.63, 3.8) is 0 Å². The first kappa shape index (κ1) is 15.9. The van der Waals surface area contributed by atoms with Gasteiger partial charge in [-0.15, -0.1) is 0 Å². The highest BCUT2D eigenvalue weighted by Gasteiger charge is 2.24. The van der Waals surface area contributed by atoms with Crippen molar-refractivity contribution < 1.29 is 17.5 Å². The molecule has 2 aromatic rings. The third-order valence-electron chi connectivity index (χ3n) is 3.83. The Morgan fingerprint density at radius 1 is 1.17 bits per heavy atom. The number of morpholine rings is 1. The summed E-state index contributed by atoms with van der Waals surface area (Å²) in [6, 6.07) is 13.4. The molecule has 7 heteroatoms. The summed E-state index contributed by atoms with van der Waals surface area (Å²) in [6.07, 6.45) is -0.151. The van der Waals surface area contributed by atoms with Crippen LogP contribution in [-0.4, -0.2) is 28.1 Å². The minimum atomic E-state index is -3.91. The molecule has 5 nitrogen and oxygen atoms in total. The SMILES string of the molecule is NS(=O)(=O)c1ccc(N2CCO[C@@H](c3ccccc3)C2)c(F)c1. The second-order valence-corrected chi connectivity index (χ2v) is 6.94. The summed E-state index contributed by atoms with van der Waals surface area (Å²) in [6.45, 7) is 1.50. The van der Waals surface area contributed by atoms with Crippen molar-refractivity contribution in [2.24, 2.45) is 5.14 Å². The molecular weight excluding hydrogens is 319 g/mol. The Labute approximate surface area is 134 Å². The van der Waals surface area contributed by atoms with E-state index >= 15 is 0 Å². The average Bonchev–Trinajstić information content (AvgIpc) is 2.55. The molecule has 23 heavy (non-hydrogen) atoms. The smallest absolute Gasteiger partial charge is 0.238 e. The predicted octanol–water partition coefficient (Wildman–Crippen LogP) is 2.05. The van der Waals surface area contributed by atoms with Crippen molar-refractivity contribution >= 4 is 15.7 Å². The number of hydrogen-bond donors (Lipinski definition) is 1. The maximum atomic E-state index is 14.3. The molecule has 1 heterocycles. The maximum Gasteiger partial charge on any atom is 0.238 e. The van der Waals surface area contributed by atoms with Gasteiger partial charge >= 0.3 is 0 Å². The zero-order valence-electron chi connectivity index (χ0n) is 12.4. The van der Waals surface area contributed by atoms with Crippen molar-refractivity contribution in [2.75, 3.05) is 24.6 Å². The summed E-state index contributed by atoms with van der Waals surface area (Å²) in [7, 11) is -3.91. The van der Waals surface area contributed by atoms with Crippen LogP contribution in [0.4, 0.5) is 10.1 Å². The van der Waals surface area contributed by atoms with Gasteiger partial charge in [-0.1, -0.05) is 30.3 Å². The fourth-order valence-corrected chi connectivity index (χ4v) is 3.18. The molecule has 0 saturated carbocycles. The van der Waals surface area contributed by atoms with Crippen LogP contribution in [0.2, 0.25) is 0 Å². The van der Waals surface area contributed by atoms with E-state index in [0.29, 0.717) is 25.4 Å². The maximum absolute atomic E-state index is 14.3. The molecule has 3 rings (SSSR count). The molecule has 0 amide bonds. The molecule has 1 saturated heterocycles. The molecule has 2 aromatic carbocycles. The Hall–Kier alpha value is -1.96. The molecular formula is C16H17FN2O3S. The molecule has 0 unspecified atom stereocenters. The van der Waals surface area contributed by atoms with Gasteiger partial charge in [-0.25, -0.2) is 17.9 Å². The Morgan fingerprint density at radius 2 is 1.91 bits per heavy atom. The third kappa shape index (κ3) is 3.52. The molecule has 1 aliphatic rings.